The van der Waals surface area contributed by atoms with Crippen molar-refractivity contribution < 1.29 is 13.2 Å². The third-order valence-corrected chi connectivity index (χ3v) is 6.27. The van der Waals surface area contributed by atoms with Gasteiger partial charge < -0.3 is 4.90 Å². The lowest BCUT2D eigenvalue weighted by molar-refractivity contribution is -0.118. The molecule has 2 aliphatic heterocycles. The molecule has 2 aromatic carbocycles. The van der Waals surface area contributed by atoms with Crippen LogP contribution < -0.4 is 9.62 Å². The Morgan fingerprint density at radius 3 is 2.60 bits per heavy atom. The molecule has 0 unspecified atom stereocenters. The number of benzene rings is 2. The van der Waals surface area contributed by atoms with Gasteiger partial charge in [0.05, 0.1) is 10.6 Å². The van der Waals surface area contributed by atoms with Gasteiger partial charge in [0.15, 0.2) is 0 Å². The molecule has 6 heteroatoms. The normalized spacial score (nSPS) is 16.2. The van der Waals surface area contributed by atoms with E-state index in [-0.39, 0.29) is 12.5 Å². The monoisotopic (exact) mass is 356 g/mol. The molecule has 2 heterocycles. The van der Waals surface area contributed by atoms with Crippen molar-refractivity contribution >= 4 is 21.6 Å². The van der Waals surface area contributed by atoms with Crippen molar-refractivity contribution in [3.63, 3.8) is 0 Å². The summed E-state index contributed by atoms with van der Waals surface area (Å²) in [5.74, 6) is 0.138. The Kier molecular flexibility index (Phi) is 3.89. The standard InChI is InChI=1S/C19H20N2O3S/c1-13-3-2-4-14(9-13)12-20-25(23,24)17-10-15-5-6-18(22)21-8-7-16(11-17)19(15)21/h2-4,9-11,20H,5-8,12H2,1H3. The van der Waals surface area contributed by atoms with E-state index in [0.29, 0.717) is 24.3 Å². The third-order valence-electron chi connectivity index (χ3n) is 4.88. The summed E-state index contributed by atoms with van der Waals surface area (Å²) in [6.07, 6.45) is 1.78. The highest BCUT2D eigenvalue weighted by Gasteiger charge is 2.32. The summed E-state index contributed by atoms with van der Waals surface area (Å²) in [6, 6.07) is 11.2. The number of hydrogen-bond donors (Lipinski definition) is 1. The van der Waals surface area contributed by atoms with Crippen LogP contribution in [0.4, 0.5) is 5.69 Å². The van der Waals surface area contributed by atoms with Crippen LogP contribution >= 0.6 is 0 Å². The van der Waals surface area contributed by atoms with Crippen molar-refractivity contribution in [2.24, 2.45) is 0 Å². The van der Waals surface area contributed by atoms with E-state index < -0.39 is 10.0 Å². The van der Waals surface area contributed by atoms with Crippen LogP contribution in [0.15, 0.2) is 41.3 Å². The maximum atomic E-state index is 12.7. The fourth-order valence-electron chi connectivity index (χ4n) is 3.66. The van der Waals surface area contributed by atoms with Crippen molar-refractivity contribution in [3.05, 3.63) is 58.7 Å². The Balaban J connectivity index is 1.62. The van der Waals surface area contributed by atoms with Crippen LogP contribution in [-0.4, -0.2) is 20.9 Å². The number of nitrogens with one attached hydrogen (secondary N) is 1. The van der Waals surface area contributed by atoms with E-state index in [0.717, 1.165) is 34.4 Å². The zero-order valence-electron chi connectivity index (χ0n) is 14.1. The first-order valence-electron chi connectivity index (χ1n) is 8.45. The van der Waals surface area contributed by atoms with Crippen molar-refractivity contribution in [3.8, 4) is 0 Å². The lowest BCUT2D eigenvalue weighted by atomic mass is 10.00. The Bertz CT molecular complexity index is 967. The molecule has 0 bridgehead atoms. The molecule has 0 fully saturated rings. The second kappa shape index (κ2) is 5.97. The van der Waals surface area contributed by atoms with E-state index in [1.165, 1.54) is 0 Å². The third kappa shape index (κ3) is 2.96. The van der Waals surface area contributed by atoms with Gasteiger partial charge in [-0.05, 0) is 48.6 Å². The van der Waals surface area contributed by atoms with Crippen LogP contribution in [0.2, 0.25) is 0 Å². The minimum absolute atomic E-state index is 0.138. The minimum atomic E-state index is -3.59. The lowest BCUT2D eigenvalue weighted by Gasteiger charge is -2.25. The van der Waals surface area contributed by atoms with Crippen molar-refractivity contribution in [2.45, 2.75) is 37.6 Å². The summed E-state index contributed by atoms with van der Waals surface area (Å²) >= 11 is 0. The van der Waals surface area contributed by atoms with E-state index in [1.54, 1.807) is 17.0 Å². The van der Waals surface area contributed by atoms with Gasteiger partial charge in [-0.2, -0.15) is 0 Å². The van der Waals surface area contributed by atoms with E-state index in [2.05, 4.69) is 4.72 Å². The van der Waals surface area contributed by atoms with Crippen molar-refractivity contribution in [1.29, 1.82) is 0 Å². The molecule has 1 N–H and O–H groups in total. The summed E-state index contributed by atoms with van der Waals surface area (Å²) in [6.45, 7) is 2.90. The molecule has 0 saturated heterocycles. The molecular formula is C19H20N2O3S. The average molecular weight is 356 g/mol. The van der Waals surface area contributed by atoms with Crippen LogP contribution in [0.3, 0.4) is 0 Å². The quantitative estimate of drug-likeness (QED) is 0.914. The Hall–Kier alpha value is -2.18. The lowest BCUT2D eigenvalue weighted by Crippen LogP contribution is -2.33. The van der Waals surface area contributed by atoms with Gasteiger partial charge in [-0.3, -0.25) is 4.79 Å². The summed E-state index contributed by atoms with van der Waals surface area (Å²) < 4.78 is 28.2. The van der Waals surface area contributed by atoms with E-state index in [1.807, 2.05) is 31.2 Å². The van der Waals surface area contributed by atoms with Gasteiger partial charge in [0, 0.05) is 19.5 Å². The second-order valence-corrected chi connectivity index (χ2v) is 8.47. The van der Waals surface area contributed by atoms with Crippen LogP contribution in [-0.2, 0) is 34.2 Å². The zero-order chi connectivity index (χ0) is 17.6. The highest BCUT2D eigenvalue weighted by molar-refractivity contribution is 7.89. The van der Waals surface area contributed by atoms with Gasteiger partial charge >= 0.3 is 0 Å². The Morgan fingerprint density at radius 2 is 1.84 bits per heavy atom. The molecule has 0 aromatic heterocycles. The predicted octanol–water partition coefficient (Wildman–Crippen LogP) is 2.31. The molecular weight excluding hydrogens is 336 g/mol. The fourth-order valence-corrected chi connectivity index (χ4v) is 4.78. The second-order valence-electron chi connectivity index (χ2n) is 6.70. The molecule has 130 valence electrons. The molecule has 1 amide bonds. The molecule has 5 nitrogen and oxygen atoms in total. The van der Waals surface area contributed by atoms with E-state index >= 15 is 0 Å². The topological polar surface area (TPSA) is 66.5 Å². The Labute approximate surface area is 147 Å². The molecule has 0 saturated carbocycles. The largest absolute Gasteiger partial charge is 0.312 e. The van der Waals surface area contributed by atoms with Crippen molar-refractivity contribution in [1.82, 2.24) is 4.72 Å². The van der Waals surface area contributed by atoms with Gasteiger partial charge in [0.25, 0.3) is 0 Å². The highest BCUT2D eigenvalue weighted by atomic mass is 32.2. The molecule has 4 rings (SSSR count). The minimum Gasteiger partial charge on any atom is -0.312 e. The molecule has 0 spiro atoms. The van der Waals surface area contributed by atoms with E-state index in [4.69, 9.17) is 0 Å². The average Bonchev–Trinajstić information content (AvgIpc) is 3.02. The molecule has 25 heavy (non-hydrogen) atoms. The van der Waals surface area contributed by atoms with Crippen LogP contribution in [0.1, 0.15) is 28.7 Å². The zero-order valence-corrected chi connectivity index (χ0v) is 14.9. The molecule has 2 aromatic rings. The number of carbonyl (C=O) groups excluding carboxylic acids is 1. The summed E-state index contributed by atoms with van der Waals surface area (Å²) in [4.78, 5) is 14.1. The van der Waals surface area contributed by atoms with Gasteiger partial charge in [0.1, 0.15) is 0 Å². The number of carbonyl (C=O) groups is 1. The van der Waals surface area contributed by atoms with Crippen LogP contribution in [0.5, 0.6) is 0 Å². The number of rotatable bonds is 4. The Morgan fingerprint density at radius 1 is 1.08 bits per heavy atom. The molecule has 2 aliphatic rings. The number of amides is 1. The first-order chi connectivity index (χ1) is 11.9. The molecule has 0 atom stereocenters. The summed E-state index contributed by atoms with van der Waals surface area (Å²) in [5.41, 5.74) is 4.90. The predicted molar refractivity (Wildman–Crippen MR) is 96.0 cm³/mol. The summed E-state index contributed by atoms with van der Waals surface area (Å²) in [7, 11) is -3.59. The number of hydrogen-bond acceptors (Lipinski definition) is 3. The van der Waals surface area contributed by atoms with Gasteiger partial charge in [-0.15, -0.1) is 0 Å². The molecule has 0 aliphatic carbocycles. The first kappa shape index (κ1) is 16.3. The summed E-state index contributed by atoms with van der Waals surface area (Å²) in [5, 5.41) is 0. The van der Waals surface area contributed by atoms with Gasteiger partial charge in [0.2, 0.25) is 15.9 Å². The van der Waals surface area contributed by atoms with Crippen LogP contribution in [0, 0.1) is 6.92 Å². The number of aryl methyl sites for hydroxylation is 2. The van der Waals surface area contributed by atoms with Gasteiger partial charge in [-0.1, -0.05) is 29.8 Å². The number of anilines is 1. The number of nitrogens with zero attached hydrogens (tertiary/aromatic N) is 1. The smallest absolute Gasteiger partial charge is 0.240 e. The maximum Gasteiger partial charge on any atom is 0.240 e. The molecule has 0 radical (unpaired) electrons. The SMILES string of the molecule is Cc1cccc(CNS(=O)(=O)c2cc3c4c(c2)CCN4C(=O)CC3)c1. The highest BCUT2D eigenvalue weighted by Crippen LogP contribution is 2.38. The van der Waals surface area contributed by atoms with Crippen molar-refractivity contribution in [2.75, 3.05) is 11.4 Å². The van der Waals surface area contributed by atoms with E-state index in [9.17, 15) is 13.2 Å². The first-order valence-corrected chi connectivity index (χ1v) is 9.94. The maximum absolute atomic E-state index is 12.7. The number of sulfonamides is 1. The fraction of sp³-hybridized carbons (Fsp3) is 0.316. The van der Waals surface area contributed by atoms with Gasteiger partial charge in [-0.25, -0.2) is 13.1 Å². The van der Waals surface area contributed by atoms with Crippen LogP contribution in [0.25, 0.3) is 0 Å².